The Morgan fingerprint density at radius 3 is 2.93 bits per heavy atom. The third-order valence-corrected chi connectivity index (χ3v) is 5.96. The number of hydrogen-bond donors (Lipinski definition) is 1. The first kappa shape index (κ1) is 19.7. The molecule has 1 aromatic carbocycles. The van der Waals surface area contributed by atoms with E-state index in [2.05, 4.69) is 24.8 Å². The Balaban J connectivity index is 0.00000210. The quantitative estimate of drug-likeness (QED) is 0.783. The van der Waals surface area contributed by atoms with Crippen LogP contribution in [0.2, 0.25) is 0 Å². The molecule has 3 heterocycles. The lowest BCUT2D eigenvalue weighted by molar-refractivity contribution is 0.190. The average molecular weight is 413 g/mol. The van der Waals surface area contributed by atoms with Crippen LogP contribution >= 0.6 is 12.4 Å². The fourth-order valence-electron chi connectivity index (χ4n) is 3.20. The number of fused-ring (bicyclic) bond motifs is 1. The summed E-state index contributed by atoms with van der Waals surface area (Å²) in [7, 11) is 0.142. The summed E-state index contributed by atoms with van der Waals surface area (Å²) in [6.07, 6.45) is 0. The van der Waals surface area contributed by atoms with E-state index in [1.165, 1.54) is 0 Å². The van der Waals surface area contributed by atoms with Gasteiger partial charge < -0.3 is 14.7 Å². The molecule has 4 rings (SSSR count). The van der Waals surface area contributed by atoms with Crippen LogP contribution in [-0.2, 0) is 16.6 Å². The molecule has 0 aliphatic carbocycles. The second-order valence-corrected chi connectivity index (χ2v) is 8.06. The summed E-state index contributed by atoms with van der Waals surface area (Å²) < 4.78 is 33.7. The first-order valence-corrected chi connectivity index (χ1v) is 9.78. The molecule has 2 aliphatic rings. The van der Waals surface area contributed by atoms with Crippen LogP contribution in [0.4, 0.5) is 0 Å². The Hall–Kier alpha value is -2.01. The molecule has 0 radical (unpaired) electrons. The highest BCUT2D eigenvalue weighted by Gasteiger charge is 2.31. The Morgan fingerprint density at radius 1 is 1.37 bits per heavy atom. The maximum Gasteiger partial charge on any atom is 0.285 e. The average Bonchev–Trinajstić information content (AvgIpc) is 3.18. The molecular formula is C16H21ClN6O3S. The number of benzene rings is 1. The maximum atomic E-state index is 12.2. The fraction of sp³-hybridized carbons (Fsp3) is 0.438. The van der Waals surface area contributed by atoms with Crippen molar-refractivity contribution in [3.8, 4) is 0 Å². The number of sulfonamides is 1. The first-order chi connectivity index (χ1) is 12.5. The number of hydrogen-bond acceptors (Lipinski definition) is 8. The molecule has 1 unspecified atom stereocenters. The smallest absolute Gasteiger partial charge is 0.285 e. The molecule has 146 valence electrons. The van der Waals surface area contributed by atoms with Crippen LogP contribution in [0.3, 0.4) is 0 Å². The molecule has 0 saturated carbocycles. The van der Waals surface area contributed by atoms with Gasteiger partial charge in [-0.05, 0) is 19.2 Å². The summed E-state index contributed by atoms with van der Waals surface area (Å²) in [5.74, 6) is 1.44. The van der Waals surface area contributed by atoms with Gasteiger partial charge in [0.1, 0.15) is 4.90 Å². The second kappa shape index (κ2) is 7.55. The van der Waals surface area contributed by atoms with E-state index in [1.54, 1.807) is 36.2 Å². The molecule has 1 atom stereocenters. The molecule has 0 bridgehead atoms. The van der Waals surface area contributed by atoms with Crippen molar-refractivity contribution in [2.75, 3.05) is 33.7 Å². The van der Waals surface area contributed by atoms with Gasteiger partial charge in [-0.25, -0.2) is 0 Å². The van der Waals surface area contributed by atoms with Gasteiger partial charge in [0, 0.05) is 32.2 Å². The van der Waals surface area contributed by atoms with E-state index >= 15 is 0 Å². The molecule has 11 heteroatoms. The van der Waals surface area contributed by atoms with Gasteiger partial charge >= 0.3 is 0 Å². The van der Waals surface area contributed by atoms with Crippen LogP contribution in [0.5, 0.6) is 0 Å². The lowest BCUT2D eigenvalue weighted by Gasteiger charge is -2.30. The predicted octanol–water partition coefficient (Wildman–Crippen LogP) is 0.648. The summed E-state index contributed by atoms with van der Waals surface area (Å²) in [5.41, 5.74) is 0.589. The van der Waals surface area contributed by atoms with Crippen LogP contribution in [0.1, 0.15) is 23.3 Å². The highest BCUT2D eigenvalue weighted by molar-refractivity contribution is 7.90. The van der Waals surface area contributed by atoms with Crippen LogP contribution in [0.15, 0.2) is 38.1 Å². The zero-order valence-electron chi connectivity index (χ0n) is 15.0. The normalized spacial score (nSPS) is 21.3. The second-order valence-electron chi connectivity index (χ2n) is 6.49. The summed E-state index contributed by atoms with van der Waals surface area (Å²) >= 11 is 0. The van der Waals surface area contributed by atoms with Crippen molar-refractivity contribution < 1.29 is 12.9 Å². The predicted molar refractivity (Wildman–Crippen MR) is 101 cm³/mol. The monoisotopic (exact) mass is 412 g/mol. The largest absolute Gasteiger partial charge is 0.349 e. The maximum absolute atomic E-state index is 12.2. The minimum atomic E-state index is -3.65. The van der Waals surface area contributed by atoms with Crippen molar-refractivity contribution >= 4 is 28.3 Å². The van der Waals surface area contributed by atoms with Gasteiger partial charge in [0.15, 0.2) is 11.7 Å². The van der Waals surface area contributed by atoms with E-state index in [0.29, 0.717) is 23.1 Å². The van der Waals surface area contributed by atoms with E-state index in [1.807, 2.05) is 7.05 Å². The summed E-state index contributed by atoms with van der Waals surface area (Å²) in [6.45, 7) is 2.90. The van der Waals surface area contributed by atoms with Crippen molar-refractivity contribution in [3.63, 3.8) is 0 Å². The highest BCUT2D eigenvalue weighted by Crippen LogP contribution is 2.27. The Labute approximate surface area is 163 Å². The number of amidine groups is 1. The van der Waals surface area contributed by atoms with Crippen molar-refractivity contribution in [2.24, 2.45) is 4.40 Å². The Morgan fingerprint density at radius 2 is 2.15 bits per heavy atom. The van der Waals surface area contributed by atoms with Crippen molar-refractivity contribution in [1.82, 2.24) is 25.3 Å². The Bertz CT molecular complexity index is 961. The van der Waals surface area contributed by atoms with Crippen molar-refractivity contribution in [2.45, 2.75) is 17.5 Å². The summed E-state index contributed by atoms with van der Waals surface area (Å²) in [4.78, 5) is 8.60. The topological polar surface area (TPSA) is 104 Å². The third kappa shape index (κ3) is 3.70. The lowest BCUT2D eigenvalue weighted by Crippen LogP contribution is -2.44. The number of halogens is 1. The fourth-order valence-corrected chi connectivity index (χ4v) is 4.45. The van der Waals surface area contributed by atoms with Crippen LogP contribution in [0.25, 0.3) is 0 Å². The van der Waals surface area contributed by atoms with Crippen molar-refractivity contribution in [1.29, 1.82) is 0 Å². The lowest BCUT2D eigenvalue weighted by atomic mass is 10.2. The minimum absolute atomic E-state index is 0. The van der Waals surface area contributed by atoms with Gasteiger partial charge in [-0.2, -0.15) is 13.4 Å². The summed E-state index contributed by atoms with van der Waals surface area (Å²) in [5, 5.41) is 7.41. The molecule has 0 spiro atoms. The van der Waals surface area contributed by atoms with Gasteiger partial charge in [0.25, 0.3) is 10.0 Å². The van der Waals surface area contributed by atoms with Gasteiger partial charge in [0.05, 0.1) is 12.6 Å². The molecule has 9 nitrogen and oxygen atoms in total. The molecular weight excluding hydrogens is 392 g/mol. The number of aromatic nitrogens is 2. The zero-order chi connectivity index (χ0) is 18.3. The van der Waals surface area contributed by atoms with E-state index in [9.17, 15) is 8.42 Å². The van der Waals surface area contributed by atoms with E-state index in [-0.39, 0.29) is 29.9 Å². The molecule has 1 aromatic heterocycles. The molecule has 1 fully saturated rings. The molecule has 1 N–H and O–H groups in total. The standard InChI is InChI=1S/C16H20N6O3S.ClH/c1-21-8-7-17-9-12(21)15-18-14(25-19-15)10-22(2)16-11-5-3-4-6-13(11)26(23,24)20-16;/h3-6,12,17H,7-10H2,1-2H3;1H. The van der Waals surface area contributed by atoms with Gasteiger partial charge in [0.2, 0.25) is 5.89 Å². The molecule has 0 amide bonds. The van der Waals surface area contributed by atoms with Gasteiger partial charge in [-0.1, -0.05) is 17.3 Å². The van der Waals surface area contributed by atoms with E-state index in [0.717, 1.165) is 19.6 Å². The van der Waals surface area contributed by atoms with E-state index < -0.39 is 10.0 Å². The van der Waals surface area contributed by atoms with E-state index in [4.69, 9.17) is 4.52 Å². The number of nitrogens with one attached hydrogen (secondary N) is 1. The SMILES string of the molecule is CN(Cc1nc(C2CNCCN2C)no1)C1=NS(=O)(=O)c2ccccc21.Cl. The number of piperazine rings is 1. The molecule has 1 saturated heterocycles. The molecule has 2 aromatic rings. The highest BCUT2D eigenvalue weighted by atomic mass is 35.5. The van der Waals surface area contributed by atoms with Gasteiger partial charge in [-0.3, -0.25) is 4.90 Å². The Kier molecular flexibility index (Phi) is 5.52. The van der Waals surface area contributed by atoms with Gasteiger partial charge in [-0.15, -0.1) is 16.8 Å². The molecule has 2 aliphatic heterocycles. The van der Waals surface area contributed by atoms with Crippen molar-refractivity contribution in [3.05, 3.63) is 41.5 Å². The number of likely N-dealkylation sites (N-methyl/N-ethyl adjacent to an activating group) is 1. The first-order valence-electron chi connectivity index (χ1n) is 8.34. The third-order valence-electron chi connectivity index (χ3n) is 4.64. The zero-order valence-corrected chi connectivity index (χ0v) is 16.6. The molecule has 27 heavy (non-hydrogen) atoms. The van der Waals surface area contributed by atoms with Crippen LogP contribution in [0, 0.1) is 0 Å². The summed E-state index contributed by atoms with van der Waals surface area (Å²) in [6, 6.07) is 6.85. The number of rotatable bonds is 3. The minimum Gasteiger partial charge on any atom is -0.349 e. The van der Waals surface area contributed by atoms with Crippen LogP contribution < -0.4 is 5.32 Å². The van der Waals surface area contributed by atoms with Crippen LogP contribution in [-0.4, -0.2) is 67.9 Å². The number of nitrogens with zero attached hydrogens (tertiary/aromatic N) is 5.